The molecule has 0 aliphatic rings. The SMILES string of the molecule is CCOC(=O)c1cnn(-c2nc(C[P+](c3ccccc3)(c3ccccc3)c3ccccc3)cs2)c1C(F)(F)F. The van der Waals surface area contributed by atoms with E-state index in [0.29, 0.717) is 16.5 Å². The van der Waals surface area contributed by atoms with Gasteiger partial charge in [-0.05, 0) is 43.3 Å². The topological polar surface area (TPSA) is 57.0 Å². The molecule has 0 unspecified atom stereocenters. The van der Waals surface area contributed by atoms with E-state index in [4.69, 9.17) is 4.74 Å². The van der Waals surface area contributed by atoms with Gasteiger partial charge in [0.2, 0.25) is 5.13 Å². The number of carbonyl (C=O) groups is 1. The van der Waals surface area contributed by atoms with Crippen molar-refractivity contribution in [1.29, 1.82) is 0 Å². The molecule has 0 spiro atoms. The van der Waals surface area contributed by atoms with Crippen molar-refractivity contribution >= 4 is 40.5 Å². The third kappa shape index (κ3) is 5.24. The standard InChI is InChI=1S/C29H24F3N3O2PS/c1-2-37-27(36)25-18-33-35(26(25)29(30,31)32)28-34-21(20-39-28)19-38(22-12-6-3-7-13-22,23-14-8-4-9-15-23)24-16-10-5-11-17-24/h3-18,20H,2,19H2,1H3/q+1. The Hall–Kier alpha value is -3.81. The van der Waals surface area contributed by atoms with Gasteiger partial charge in [-0.2, -0.15) is 18.3 Å². The molecule has 0 N–H and O–H groups in total. The average Bonchev–Trinajstić information content (AvgIpc) is 3.61. The molecule has 0 bridgehead atoms. The minimum absolute atomic E-state index is 0.0279. The van der Waals surface area contributed by atoms with Gasteiger partial charge in [-0.1, -0.05) is 54.6 Å². The van der Waals surface area contributed by atoms with Crippen LogP contribution in [0.3, 0.4) is 0 Å². The van der Waals surface area contributed by atoms with Crippen molar-refractivity contribution in [3.8, 4) is 5.13 Å². The molecule has 39 heavy (non-hydrogen) atoms. The first-order valence-electron chi connectivity index (χ1n) is 12.2. The molecule has 0 aliphatic heterocycles. The van der Waals surface area contributed by atoms with Gasteiger partial charge in [-0.3, -0.25) is 0 Å². The molecular weight excluding hydrogens is 542 g/mol. The van der Waals surface area contributed by atoms with Crippen LogP contribution in [0.1, 0.15) is 28.7 Å². The lowest BCUT2D eigenvalue weighted by molar-refractivity contribution is -0.143. The highest BCUT2D eigenvalue weighted by Crippen LogP contribution is 2.58. The Morgan fingerprint density at radius 1 is 0.897 bits per heavy atom. The summed E-state index contributed by atoms with van der Waals surface area (Å²) in [5, 5.41) is 9.10. The van der Waals surface area contributed by atoms with Gasteiger partial charge in [0, 0.05) is 5.38 Å². The maximum atomic E-state index is 14.1. The highest BCUT2D eigenvalue weighted by Gasteiger charge is 2.46. The van der Waals surface area contributed by atoms with E-state index in [0.717, 1.165) is 33.4 Å². The number of nitrogens with zero attached hydrogens (tertiary/aromatic N) is 3. The number of hydrogen-bond acceptors (Lipinski definition) is 5. The average molecular weight is 567 g/mol. The minimum atomic E-state index is -4.83. The Kier molecular flexibility index (Phi) is 7.64. The molecule has 5 aromatic rings. The quantitative estimate of drug-likeness (QED) is 0.170. The van der Waals surface area contributed by atoms with Gasteiger partial charge >= 0.3 is 12.1 Å². The summed E-state index contributed by atoms with van der Waals surface area (Å²) in [6.45, 7) is 1.48. The van der Waals surface area contributed by atoms with E-state index in [1.54, 1.807) is 5.38 Å². The molecule has 0 saturated carbocycles. The van der Waals surface area contributed by atoms with Gasteiger partial charge in [0.05, 0.1) is 18.5 Å². The fourth-order valence-corrected chi connectivity index (χ4v) is 9.64. The zero-order chi connectivity index (χ0) is 27.5. The van der Waals surface area contributed by atoms with Crippen LogP contribution >= 0.6 is 18.6 Å². The molecule has 0 fully saturated rings. The van der Waals surface area contributed by atoms with Crippen molar-refractivity contribution in [3.05, 3.63) is 120 Å². The van der Waals surface area contributed by atoms with Gasteiger partial charge in [0.1, 0.15) is 34.9 Å². The Labute approximate surface area is 228 Å². The molecule has 198 valence electrons. The number of aromatic nitrogens is 3. The third-order valence-corrected chi connectivity index (χ3v) is 11.4. The first-order chi connectivity index (χ1) is 18.8. The van der Waals surface area contributed by atoms with Crippen LogP contribution in [-0.4, -0.2) is 27.3 Å². The first-order valence-corrected chi connectivity index (χ1v) is 15.0. The number of esters is 1. The number of ether oxygens (including phenoxy) is 1. The lowest BCUT2D eigenvalue weighted by atomic mass is 10.2. The summed E-state index contributed by atoms with van der Waals surface area (Å²) in [6, 6.07) is 30.5. The number of thiazole rings is 1. The van der Waals surface area contributed by atoms with Crippen LogP contribution in [0.25, 0.3) is 5.13 Å². The Bertz CT molecular complexity index is 1460. The van der Waals surface area contributed by atoms with Crippen molar-refractivity contribution < 1.29 is 22.7 Å². The highest BCUT2D eigenvalue weighted by atomic mass is 32.1. The van der Waals surface area contributed by atoms with Crippen LogP contribution in [0.5, 0.6) is 0 Å². The molecule has 0 amide bonds. The van der Waals surface area contributed by atoms with E-state index in [1.807, 2.05) is 54.6 Å². The molecule has 0 saturated heterocycles. The summed E-state index contributed by atoms with van der Waals surface area (Å²) >= 11 is 1.05. The van der Waals surface area contributed by atoms with E-state index < -0.39 is 30.7 Å². The van der Waals surface area contributed by atoms with Crippen molar-refractivity contribution in [2.45, 2.75) is 19.3 Å². The predicted octanol–water partition coefficient (Wildman–Crippen LogP) is 6.02. The van der Waals surface area contributed by atoms with Crippen molar-refractivity contribution in [1.82, 2.24) is 14.8 Å². The first kappa shape index (κ1) is 26.8. The van der Waals surface area contributed by atoms with Gasteiger partial charge in [-0.15, -0.1) is 11.3 Å². The lowest BCUT2D eigenvalue weighted by Gasteiger charge is -2.27. The maximum Gasteiger partial charge on any atom is 0.434 e. The monoisotopic (exact) mass is 566 g/mol. The summed E-state index contributed by atoms with van der Waals surface area (Å²) in [4.78, 5) is 16.9. The molecule has 3 aromatic carbocycles. The van der Waals surface area contributed by atoms with Crippen LogP contribution in [-0.2, 0) is 17.1 Å². The Morgan fingerprint density at radius 2 is 1.41 bits per heavy atom. The predicted molar refractivity (Wildman–Crippen MR) is 149 cm³/mol. The molecule has 5 rings (SSSR count). The van der Waals surface area contributed by atoms with Crippen LogP contribution in [0.4, 0.5) is 13.2 Å². The van der Waals surface area contributed by atoms with Gasteiger partial charge in [-0.25, -0.2) is 14.5 Å². The summed E-state index contributed by atoms with van der Waals surface area (Å²) in [7, 11) is -2.30. The normalized spacial score (nSPS) is 11.9. The smallest absolute Gasteiger partial charge is 0.434 e. The number of carbonyl (C=O) groups excluding carboxylic acids is 1. The van der Waals surface area contributed by atoms with Gasteiger partial charge < -0.3 is 4.74 Å². The van der Waals surface area contributed by atoms with Crippen LogP contribution in [0, 0.1) is 0 Å². The van der Waals surface area contributed by atoms with Crippen LogP contribution in [0.2, 0.25) is 0 Å². The van der Waals surface area contributed by atoms with Gasteiger partial charge in [0.25, 0.3) is 0 Å². The number of alkyl halides is 3. The molecule has 2 heterocycles. The second-order valence-electron chi connectivity index (χ2n) is 8.63. The number of hydrogen-bond donors (Lipinski definition) is 0. The minimum Gasteiger partial charge on any atom is -0.462 e. The van der Waals surface area contributed by atoms with E-state index in [-0.39, 0.29) is 11.7 Å². The molecule has 0 atom stereocenters. The summed E-state index contributed by atoms with van der Waals surface area (Å²) < 4.78 is 47.8. The summed E-state index contributed by atoms with van der Waals surface area (Å²) in [6.07, 6.45) is -3.45. The van der Waals surface area contributed by atoms with E-state index in [9.17, 15) is 18.0 Å². The number of rotatable bonds is 8. The molecule has 0 aliphatic carbocycles. The molecule has 2 aromatic heterocycles. The largest absolute Gasteiger partial charge is 0.462 e. The second-order valence-corrected chi connectivity index (χ2v) is 13.0. The Balaban J connectivity index is 1.64. The van der Waals surface area contributed by atoms with E-state index >= 15 is 0 Å². The van der Waals surface area contributed by atoms with E-state index in [1.165, 1.54) is 6.92 Å². The van der Waals surface area contributed by atoms with Crippen molar-refractivity contribution in [3.63, 3.8) is 0 Å². The fourth-order valence-electron chi connectivity index (χ4n) is 4.60. The molecule has 10 heteroatoms. The number of halogens is 3. The Morgan fingerprint density at radius 3 is 1.87 bits per heavy atom. The molecule has 0 radical (unpaired) electrons. The zero-order valence-electron chi connectivity index (χ0n) is 20.9. The molecular formula is C29H24F3N3O2PS+. The second kappa shape index (κ2) is 11.1. The summed E-state index contributed by atoms with van der Waals surface area (Å²) in [5.41, 5.74) is -1.20. The van der Waals surface area contributed by atoms with Crippen molar-refractivity contribution in [2.75, 3.05) is 6.61 Å². The third-order valence-electron chi connectivity index (χ3n) is 6.24. The summed E-state index contributed by atoms with van der Waals surface area (Å²) in [5.74, 6) is -1.07. The van der Waals surface area contributed by atoms with Crippen LogP contribution in [0.15, 0.2) is 103 Å². The molecule has 5 nitrogen and oxygen atoms in total. The highest BCUT2D eigenvalue weighted by molar-refractivity contribution is 7.95. The van der Waals surface area contributed by atoms with Gasteiger partial charge in [0.15, 0.2) is 5.69 Å². The van der Waals surface area contributed by atoms with E-state index in [2.05, 4.69) is 46.5 Å². The zero-order valence-corrected chi connectivity index (χ0v) is 22.6. The fraction of sp³-hybridized carbons (Fsp3) is 0.138. The number of benzene rings is 3. The lowest BCUT2D eigenvalue weighted by Crippen LogP contribution is -2.32. The van der Waals surface area contributed by atoms with Crippen molar-refractivity contribution in [2.24, 2.45) is 0 Å². The van der Waals surface area contributed by atoms with Crippen LogP contribution < -0.4 is 15.9 Å². The maximum absolute atomic E-state index is 14.1.